The van der Waals surface area contributed by atoms with Crippen molar-refractivity contribution in [3.05, 3.63) is 46.6 Å². The van der Waals surface area contributed by atoms with Crippen molar-refractivity contribution in [2.24, 2.45) is 11.8 Å². The maximum Gasteiger partial charge on any atom is 0.433 e. The van der Waals surface area contributed by atoms with Crippen LogP contribution in [0.1, 0.15) is 57.2 Å². The molecule has 0 radical (unpaired) electrons. The number of halogens is 4. The normalized spacial score (nSPS) is 22.2. The van der Waals surface area contributed by atoms with Gasteiger partial charge in [0.1, 0.15) is 5.82 Å². The van der Waals surface area contributed by atoms with Crippen LogP contribution in [0.15, 0.2) is 30.3 Å². The molecule has 1 aliphatic carbocycles. The third kappa shape index (κ3) is 6.36. The molecule has 2 aliphatic rings. The highest BCUT2D eigenvalue weighted by atomic mass is 35.5. The second-order valence-corrected chi connectivity index (χ2v) is 10.9. The molecule has 0 unspecified atom stereocenters. The lowest BCUT2D eigenvalue weighted by Gasteiger charge is -2.36. The third-order valence-corrected chi connectivity index (χ3v) is 7.49. The molecular formula is C25H31ClF3N5S. The first-order valence-electron chi connectivity index (χ1n) is 12.1. The number of piperidine rings is 1. The predicted molar refractivity (Wildman–Crippen MR) is 138 cm³/mol. The zero-order valence-electron chi connectivity index (χ0n) is 20.0. The number of benzene rings is 1. The van der Waals surface area contributed by atoms with Crippen molar-refractivity contribution in [1.82, 2.24) is 15.3 Å². The largest absolute Gasteiger partial charge is 0.433 e. The molecule has 1 aliphatic heterocycles. The second kappa shape index (κ2) is 10.5. The van der Waals surface area contributed by atoms with E-state index in [4.69, 9.17) is 23.8 Å². The van der Waals surface area contributed by atoms with Crippen LogP contribution < -0.4 is 15.5 Å². The zero-order chi connectivity index (χ0) is 25.2. The molecule has 35 heavy (non-hydrogen) atoms. The summed E-state index contributed by atoms with van der Waals surface area (Å²) in [6.07, 6.45) is 0.622. The lowest BCUT2D eigenvalue weighted by molar-refractivity contribution is -0.141. The van der Waals surface area contributed by atoms with E-state index in [9.17, 15) is 13.2 Å². The Hall–Kier alpha value is -2.13. The molecule has 1 saturated heterocycles. The number of hydrogen-bond acceptors (Lipinski definition) is 4. The van der Waals surface area contributed by atoms with Crippen LogP contribution in [0.25, 0.3) is 0 Å². The molecular weight excluding hydrogens is 495 g/mol. The molecule has 0 spiro atoms. The molecule has 4 rings (SSSR count). The van der Waals surface area contributed by atoms with E-state index in [1.807, 2.05) is 23.1 Å². The number of nitrogens with one attached hydrogen (secondary N) is 2. The standard InChI is InChI=1S/C25H31ClF3N5S/c1-16-10-17(2)14-34(13-16)21-12-20(25(27,28)29)31-22(32-21)33-23(35)30-15-24(8-3-4-9-24)18-6-5-7-19(26)11-18/h5-7,11-12,16-17H,3-4,8-10,13-15H2,1-2H3,(H2,30,31,32,33,35)/t16-,17-/m0/s1. The fourth-order valence-corrected chi connectivity index (χ4v) is 5.83. The van der Waals surface area contributed by atoms with Gasteiger partial charge in [-0.1, -0.05) is 50.4 Å². The van der Waals surface area contributed by atoms with Crippen molar-refractivity contribution in [3.63, 3.8) is 0 Å². The summed E-state index contributed by atoms with van der Waals surface area (Å²) in [7, 11) is 0. The van der Waals surface area contributed by atoms with Gasteiger partial charge in [-0.2, -0.15) is 18.2 Å². The Morgan fingerprint density at radius 3 is 2.46 bits per heavy atom. The van der Waals surface area contributed by atoms with E-state index in [1.165, 1.54) is 0 Å². The van der Waals surface area contributed by atoms with Gasteiger partial charge in [-0.05, 0) is 61.0 Å². The molecule has 2 aromatic rings. The second-order valence-electron chi connectivity index (χ2n) is 10.1. The van der Waals surface area contributed by atoms with Crippen molar-refractivity contribution in [3.8, 4) is 0 Å². The lowest BCUT2D eigenvalue weighted by atomic mass is 9.79. The topological polar surface area (TPSA) is 53.1 Å². The molecule has 2 fully saturated rings. The number of hydrogen-bond donors (Lipinski definition) is 2. The summed E-state index contributed by atoms with van der Waals surface area (Å²) < 4.78 is 40.9. The van der Waals surface area contributed by atoms with E-state index in [2.05, 4.69) is 40.5 Å². The maximum atomic E-state index is 13.6. The minimum absolute atomic E-state index is 0.128. The van der Waals surface area contributed by atoms with Gasteiger partial charge in [0.25, 0.3) is 0 Å². The predicted octanol–water partition coefficient (Wildman–Crippen LogP) is 6.43. The van der Waals surface area contributed by atoms with Gasteiger partial charge in [-0.25, -0.2) is 4.98 Å². The fourth-order valence-electron chi connectivity index (χ4n) is 5.48. The van der Waals surface area contributed by atoms with Crippen molar-refractivity contribution in [2.45, 2.75) is 57.5 Å². The summed E-state index contributed by atoms with van der Waals surface area (Å²) in [4.78, 5) is 10.0. The summed E-state index contributed by atoms with van der Waals surface area (Å²) in [5, 5.41) is 6.89. The molecule has 2 N–H and O–H groups in total. The molecule has 1 saturated carbocycles. The average molecular weight is 526 g/mol. The van der Waals surface area contributed by atoms with Crippen LogP contribution in [0, 0.1) is 11.8 Å². The molecule has 190 valence electrons. The molecule has 0 amide bonds. The van der Waals surface area contributed by atoms with Gasteiger partial charge >= 0.3 is 6.18 Å². The minimum atomic E-state index is -4.59. The molecule has 10 heteroatoms. The summed E-state index contributed by atoms with van der Waals surface area (Å²) in [6.45, 7) is 6.06. The van der Waals surface area contributed by atoms with Gasteiger partial charge in [0, 0.05) is 36.1 Å². The van der Waals surface area contributed by atoms with Crippen LogP contribution in [0.2, 0.25) is 5.02 Å². The van der Waals surface area contributed by atoms with Crippen molar-refractivity contribution in [1.29, 1.82) is 0 Å². The van der Waals surface area contributed by atoms with E-state index >= 15 is 0 Å². The Morgan fingerprint density at radius 2 is 1.83 bits per heavy atom. The fraction of sp³-hybridized carbons (Fsp3) is 0.560. The first kappa shape index (κ1) is 25.9. The number of alkyl halides is 3. The Balaban J connectivity index is 1.51. The van der Waals surface area contributed by atoms with Gasteiger partial charge in [0.05, 0.1) is 0 Å². The maximum absolute atomic E-state index is 13.6. The van der Waals surface area contributed by atoms with Crippen LogP contribution >= 0.6 is 23.8 Å². The Kier molecular flexibility index (Phi) is 7.76. The van der Waals surface area contributed by atoms with E-state index in [0.717, 1.165) is 43.7 Å². The number of nitrogens with zero attached hydrogens (tertiary/aromatic N) is 3. The van der Waals surface area contributed by atoms with Crippen LogP contribution in [0.3, 0.4) is 0 Å². The molecule has 0 bridgehead atoms. The molecule has 1 aromatic carbocycles. The molecule has 1 aromatic heterocycles. The number of aromatic nitrogens is 2. The highest BCUT2D eigenvalue weighted by molar-refractivity contribution is 7.80. The number of anilines is 2. The summed E-state index contributed by atoms with van der Waals surface area (Å²) in [5.41, 5.74) is 0.0323. The minimum Gasteiger partial charge on any atom is -0.361 e. The summed E-state index contributed by atoms with van der Waals surface area (Å²) >= 11 is 11.7. The van der Waals surface area contributed by atoms with Crippen LogP contribution in [0.4, 0.5) is 24.9 Å². The van der Waals surface area contributed by atoms with Gasteiger partial charge < -0.3 is 15.5 Å². The first-order valence-corrected chi connectivity index (χ1v) is 12.8. The van der Waals surface area contributed by atoms with Crippen molar-refractivity contribution in [2.75, 3.05) is 29.9 Å². The smallest absolute Gasteiger partial charge is 0.361 e. The van der Waals surface area contributed by atoms with Crippen LogP contribution in [-0.2, 0) is 11.6 Å². The monoisotopic (exact) mass is 525 g/mol. The number of thiocarbonyl (C=S) groups is 1. The van der Waals surface area contributed by atoms with Gasteiger partial charge in [-0.15, -0.1) is 0 Å². The van der Waals surface area contributed by atoms with Crippen LogP contribution in [0.5, 0.6) is 0 Å². The van der Waals surface area contributed by atoms with Crippen molar-refractivity contribution >= 4 is 40.7 Å². The van der Waals surface area contributed by atoms with E-state index in [1.54, 1.807) is 0 Å². The molecule has 2 heterocycles. The van der Waals surface area contributed by atoms with Crippen LogP contribution in [-0.4, -0.2) is 34.7 Å². The highest BCUT2D eigenvalue weighted by Gasteiger charge is 2.37. The molecule has 5 nitrogen and oxygen atoms in total. The number of rotatable bonds is 5. The third-order valence-electron chi connectivity index (χ3n) is 7.01. The van der Waals surface area contributed by atoms with Crippen molar-refractivity contribution < 1.29 is 13.2 Å². The van der Waals surface area contributed by atoms with Gasteiger partial charge in [0.2, 0.25) is 5.95 Å². The highest BCUT2D eigenvalue weighted by Crippen LogP contribution is 2.41. The summed E-state index contributed by atoms with van der Waals surface area (Å²) in [6, 6.07) is 8.86. The Bertz CT molecular complexity index is 1050. The molecule has 2 atom stereocenters. The Labute approximate surface area is 214 Å². The van der Waals surface area contributed by atoms with Gasteiger partial charge in [-0.3, -0.25) is 0 Å². The van der Waals surface area contributed by atoms with Gasteiger partial charge in [0.15, 0.2) is 10.8 Å². The average Bonchev–Trinajstić information content (AvgIpc) is 3.27. The van der Waals surface area contributed by atoms with E-state index in [-0.39, 0.29) is 22.3 Å². The van der Waals surface area contributed by atoms with E-state index < -0.39 is 11.9 Å². The lowest BCUT2D eigenvalue weighted by Crippen LogP contribution is -2.41. The SMILES string of the molecule is C[C@H]1C[C@H](C)CN(c2cc(C(F)(F)F)nc(NC(=S)NCC3(c4cccc(Cl)c4)CCCC3)n2)C1. The Morgan fingerprint density at radius 1 is 1.14 bits per heavy atom. The first-order chi connectivity index (χ1) is 16.5. The quantitative estimate of drug-likeness (QED) is 0.439. The zero-order valence-corrected chi connectivity index (χ0v) is 21.5. The summed E-state index contributed by atoms with van der Waals surface area (Å²) in [5.74, 6) is 0.858. The van der Waals surface area contributed by atoms with E-state index in [0.29, 0.717) is 36.5 Å².